The van der Waals surface area contributed by atoms with Gasteiger partial charge in [-0.2, -0.15) is 0 Å². The van der Waals surface area contributed by atoms with E-state index in [9.17, 15) is 14.4 Å². The number of piperazine rings is 1. The van der Waals surface area contributed by atoms with Crippen LogP contribution in [0.5, 0.6) is 0 Å². The average Bonchev–Trinajstić information content (AvgIpc) is 3.04. The van der Waals surface area contributed by atoms with Crippen molar-refractivity contribution in [2.75, 3.05) is 50.7 Å². The van der Waals surface area contributed by atoms with Crippen molar-refractivity contribution in [3.05, 3.63) is 29.3 Å². The molecule has 7 nitrogen and oxygen atoms in total. The molecule has 0 radical (unpaired) electrons. The van der Waals surface area contributed by atoms with Gasteiger partial charge in [-0.25, -0.2) is 0 Å². The third-order valence-electron chi connectivity index (χ3n) is 5.02. The molecule has 2 heterocycles. The molecule has 0 spiro atoms. The van der Waals surface area contributed by atoms with Gasteiger partial charge in [0.1, 0.15) is 0 Å². The smallest absolute Gasteiger partial charge is 0.234 e. The molecule has 1 aromatic rings. The Hall–Kier alpha value is -2.12. The lowest BCUT2D eigenvalue weighted by atomic mass is 10.1. The number of hydrogen-bond acceptors (Lipinski definition) is 4. The lowest BCUT2D eigenvalue weighted by Crippen LogP contribution is -2.52. The van der Waals surface area contributed by atoms with Crippen molar-refractivity contribution < 1.29 is 14.4 Å². The molecule has 146 valence electrons. The molecular formula is C19H25ClN4O3. The van der Waals surface area contributed by atoms with Crippen LogP contribution in [-0.4, -0.2) is 73.3 Å². The fourth-order valence-corrected chi connectivity index (χ4v) is 3.79. The zero-order valence-electron chi connectivity index (χ0n) is 15.5. The topological polar surface area (TPSA) is 73.0 Å². The molecule has 8 heteroatoms. The molecule has 3 amide bonds. The number of anilines is 1. The number of carbonyl (C=O) groups is 3. The van der Waals surface area contributed by atoms with Crippen molar-refractivity contribution in [3.8, 4) is 0 Å². The van der Waals surface area contributed by atoms with Crippen LogP contribution in [0.1, 0.15) is 13.3 Å². The first-order chi connectivity index (χ1) is 13.0. The van der Waals surface area contributed by atoms with E-state index in [-0.39, 0.29) is 30.1 Å². The van der Waals surface area contributed by atoms with E-state index in [2.05, 4.69) is 5.32 Å². The quantitative estimate of drug-likeness (QED) is 0.810. The molecule has 0 saturated carbocycles. The molecular weight excluding hydrogens is 368 g/mol. The van der Waals surface area contributed by atoms with Gasteiger partial charge in [-0.15, -0.1) is 0 Å². The molecule has 1 N–H and O–H groups in total. The van der Waals surface area contributed by atoms with Gasteiger partial charge < -0.3 is 15.1 Å². The molecule has 3 rings (SSSR count). The minimum atomic E-state index is -0.327. The van der Waals surface area contributed by atoms with Gasteiger partial charge in [0.05, 0.1) is 12.5 Å². The molecule has 2 aliphatic rings. The van der Waals surface area contributed by atoms with Crippen LogP contribution in [0, 0.1) is 5.92 Å². The minimum absolute atomic E-state index is 0.0100. The molecule has 27 heavy (non-hydrogen) atoms. The molecule has 2 saturated heterocycles. The van der Waals surface area contributed by atoms with Crippen molar-refractivity contribution in [1.29, 1.82) is 0 Å². The third kappa shape index (κ3) is 4.78. The first-order valence-electron chi connectivity index (χ1n) is 9.31. The Morgan fingerprint density at radius 3 is 2.63 bits per heavy atom. The molecule has 2 fully saturated rings. The van der Waals surface area contributed by atoms with Crippen molar-refractivity contribution in [2.45, 2.75) is 13.3 Å². The minimum Gasteiger partial charge on any atom is -0.355 e. The highest BCUT2D eigenvalue weighted by Gasteiger charge is 2.38. The predicted molar refractivity (Wildman–Crippen MR) is 104 cm³/mol. The fraction of sp³-hybridized carbons (Fsp3) is 0.526. The van der Waals surface area contributed by atoms with Crippen molar-refractivity contribution >= 4 is 35.0 Å². The van der Waals surface area contributed by atoms with E-state index < -0.39 is 0 Å². The Bertz CT molecular complexity index is 719. The number of rotatable bonds is 5. The number of halogens is 1. The number of hydrogen-bond donors (Lipinski definition) is 1. The van der Waals surface area contributed by atoms with Crippen LogP contribution in [0.15, 0.2) is 24.3 Å². The van der Waals surface area contributed by atoms with Crippen LogP contribution in [0.2, 0.25) is 5.02 Å². The maximum Gasteiger partial charge on any atom is 0.234 e. The summed E-state index contributed by atoms with van der Waals surface area (Å²) in [6, 6.07) is 7.13. The summed E-state index contributed by atoms with van der Waals surface area (Å²) in [7, 11) is 0. The molecule has 1 aromatic carbocycles. The van der Waals surface area contributed by atoms with E-state index in [0.717, 1.165) is 5.69 Å². The second-order valence-electron chi connectivity index (χ2n) is 6.94. The number of likely N-dealkylation sites (N-methyl/N-ethyl adjacent to an activating group) is 1. The SMILES string of the molecule is CCNC(=O)CN1CCN(C(=O)C2CC(=O)N(c3cccc(Cl)c3)C2)CC1. The Kier molecular flexibility index (Phi) is 6.34. The van der Waals surface area contributed by atoms with Gasteiger partial charge >= 0.3 is 0 Å². The van der Waals surface area contributed by atoms with Crippen LogP contribution in [-0.2, 0) is 14.4 Å². The van der Waals surface area contributed by atoms with Gasteiger partial charge in [0.15, 0.2) is 0 Å². The number of amides is 3. The van der Waals surface area contributed by atoms with Crippen molar-refractivity contribution in [1.82, 2.24) is 15.1 Å². The molecule has 1 unspecified atom stereocenters. The van der Waals surface area contributed by atoms with E-state index in [0.29, 0.717) is 50.8 Å². The maximum absolute atomic E-state index is 12.8. The summed E-state index contributed by atoms with van der Waals surface area (Å²) in [4.78, 5) is 42.4. The molecule has 0 aromatic heterocycles. The number of benzene rings is 1. The molecule has 0 bridgehead atoms. The summed E-state index contributed by atoms with van der Waals surface area (Å²) >= 11 is 6.01. The van der Waals surface area contributed by atoms with Gasteiger partial charge in [0.25, 0.3) is 0 Å². The van der Waals surface area contributed by atoms with Crippen molar-refractivity contribution in [3.63, 3.8) is 0 Å². The second-order valence-corrected chi connectivity index (χ2v) is 7.38. The average molecular weight is 393 g/mol. The zero-order chi connectivity index (χ0) is 19.4. The summed E-state index contributed by atoms with van der Waals surface area (Å²) < 4.78 is 0. The van der Waals surface area contributed by atoms with E-state index in [1.807, 2.05) is 22.8 Å². The van der Waals surface area contributed by atoms with Crippen LogP contribution >= 0.6 is 11.6 Å². The van der Waals surface area contributed by atoms with Gasteiger partial charge in [0.2, 0.25) is 17.7 Å². The second kappa shape index (κ2) is 8.71. The number of carbonyl (C=O) groups excluding carboxylic acids is 3. The van der Waals surface area contributed by atoms with Gasteiger partial charge in [-0.3, -0.25) is 19.3 Å². The number of nitrogens with one attached hydrogen (secondary N) is 1. The highest BCUT2D eigenvalue weighted by molar-refractivity contribution is 6.31. The molecule has 1 atom stereocenters. The van der Waals surface area contributed by atoms with Gasteiger partial charge in [0, 0.05) is 56.4 Å². The van der Waals surface area contributed by atoms with Gasteiger partial charge in [-0.05, 0) is 25.1 Å². The molecule has 0 aliphatic carbocycles. The highest BCUT2D eigenvalue weighted by Crippen LogP contribution is 2.28. The summed E-state index contributed by atoms with van der Waals surface area (Å²) in [5.41, 5.74) is 0.731. The number of nitrogens with zero attached hydrogens (tertiary/aromatic N) is 3. The van der Waals surface area contributed by atoms with E-state index >= 15 is 0 Å². The first kappa shape index (κ1) is 19.6. The lowest BCUT2D eigenvalue weighted by molar-refractivity contribution is -0.137. The van der Waals surface area contributed by atoms with E-state index in [1.54, 1.807) is 23.1 Å². The summed E-state index contributed by atoms with van der Waals surface area (Å²) in [6.07, 6.45) is 0.227. The Labute approximate surface area is 164 Å². The monoisotopic (exact) mass is 392 g/mol. The lowest BCUT2D eigenvalue weighted by Gasteiger charge is -2.35. The Morgan fingerprint density at radius 1 is 1.22 bits per heavy atom. The van der Waals surface area contributed by atoms with Crippen LogP contribution < -0.4 is 10.2 Å². The van der Waals surface area contributed by atoms with Crippen molar-refractivity contribution in [2.24, 2.45) is 5.92 Å². The third-order valence-corrected chi connectivity index (χ3v) is 5.25. The van der Waals surface area contributed by atoms with E-state index in [1.165, 1.54) is 0 Å². The zero-order valence-corrected chi connectivity index (χ0v) is 16.2. The van der Waals surface area contributed by atoms with Crippen LogP contribution in [0.4, 0.5) is 5.69 Å². The van der Waals surface area contributed by atoms with Crippen LogP contribution in [0.25, 0.3) is 0 Å². The Balaban J connectivity index is 1.53. The summed E-state index contributed by atoms with van der Waals surface area (Å²) in [5, 5.41) is 3.36. The highest BCUT2D eigenvalue weighted by atomic mass is 35.5. The molecule has 2 aliphatic heterocycles. The summed E-state index contributed by atoms with van der Waals surface area (Å²) in [6.45, 7) is 5.76. The largest absolute Gasteiger partial charge is 0.355 e. The predicted octanol–water partition coefficient (Wildman–Crippen LogP) is 0.973. The fourth-order valence-electron chi connectivity index (χ4n) is 3.61. The van der Waals surface area contributed by atoms with Crippen LogP contribution in [0.3, 0.4) is 0 Å². The Morgan fingerprint density at radius 2 is 1.96 bits per heavy atom. The normalized spacial score (nSPS) is 20.8. The van der Waals surface area contributed by atoms with Gasteiger partial charge in [-0.1, -0.05) is 17.7 Å². The maximum atomic E-state index is 12.8. The first-order valence-corrected chi connectivity index (χ1v) is 9.69. The standard InChI is InChI=1S/C19H25ClN4O3/c1-2-21-17(25)13-22-6-8-23(9-7-22)19(27)14-10-18(26)24(12-14)16-5-3-4-15(20)11-16/h3-5,11,14H,2,6-10,12-13H2,1H3,(H,21,25). The summed E-state index contributed by atoms with van der Waals surface area (Å²) in [5.74, 6) is -0.349. The van der Waals surface area contributed by atoms with E-state index in [4.69, 9.17) is 11.6 Å².